The van der Waals surface area contributed by atoms with Crippen LogP contribution in [0.3, 0.4) is 0 Å². The van der Waals surface area contributed by atoms with Gasteiger partial charge in [0.2, 0.25) is 5.91 Å². The Bertz CT molecular complexity index is 691. The molecule has 1 aromatic heterocycles. The molecule has 0 unspecified atom stereocenters. The molecule has 0 aromatic carbocycles. The highest BCUT2D eigenvalue weighted by atomic mass is 16.4. The Morgan fingerprint density at radius 3 is 2.39 bits per heavy atom. The summed E-state index contributed by atoms with van der Waals surface area (Å²) >= 11 is 0. The summed E-state index contributed by atoms with van der Waals surface area (Å²) in [6.07, 6.45) is 0. The van der Waals surface area contributed by atoms with Crippen LogP contribution in [0.4, 0.5) is 0 Å². The molecule has 0 saturated carbocycles. The van der Waals surface area contributed by atoms with Crippen molar-refractivity contribution in [1.29, 1.82) is 0 Å². The van der Waals surface area contributed by atoms with Gasteiger partial charge in [0.1, 0.15) is 13.1 Å². The van der Waals surface area contributed by atoms with Gasteiger partial charge in [-0.3, -0.25) is 19.2 Å². The average Bonchev–Trinajstić information content (AvgIpc) is 2.40. The number of aromatic nitrogens is 1. The van der Waals surface area contributed by atoms with E-state index in [-0.39, 0.29) is 24.1 Å². The number of hydrogen-bond acceptors (Lipinski definition) is 4. The Labute approximate surface area is 133 Å². The molecular weight excluding hydrogens is 302 g/mol. The molecule has 0 fully saturated rings. The molecule has 0 aliphatic heterocycles. The van der Waals surface area contributed by atoms with Gasteiger partial charge in [-0.05, 0) is 33.3 Å². The van der Waals surface area contributed by atoms with Gasteiger partial charge in [-0.2, -0.15) is 0 Å². The largest absolute Gasteiger partial charge is 0.480 e. The van der Waals surface area contributed by atoms with Crippen LogP contribution in [0.25, 0.3) is 0 Å². The number of nitrogens with zero attached hydrogens (tertiary/aromatic N) is 1. The van der Waals surface area contributed by atoms with Crippen LogP contribution in [0.15, 0.2) is 10.9 Å². The second kappa shape index (κ2) is 7.57. The monoisotopic (exact) mass is 323 g/mol. The molecule has 0 saturated heterocycles. The zero-order valence-electron chi connectivity index (χ0n) is 13.6. The minimum atomic E-state index is -1.17. The van der Waals surface area contributed by atoms with Crippen molar-refractivity contribution in [2.45, 2.75) is 40.3 Å². The zero-order chi connectivity index (χ0) is 17.7. The summed E-state index contributed by atoms with van der Waals surface area (Å²) in [5.74, 6) is -2.11. The van der Waals surface area contributed by atoms with Crippen molar-refractivity contribution in [3.8, 4) is 0 Å². The lowest BCUT2D eigenvalue weighted by Crippen LogP contribution is -2.38. The van der Waals surface area contributed by atoms with Crippen molar-refractivity contribution in [3.63, 3.8) is 0 Å². The third-order valence-corrected chi connectivity index (χ3v) is 3.15. The zero-order valence-corrected chi connectivity index (χ0v) is 13.6. The van der Waals surface area contributed by atoms with E-state index >= 15 is 0 Å². The van der Waals surface area contributed by atoms with Gasteiger partial charge in [0.25, 0.3) is 11.5 Å². The van der Waals surface area contributed by atoms with Crippen molar-refractivity contribution in [2.75, 3.05) is 6.54 Å². The number of carbonyl (C=O) groups excluding carboxylic acids is 2. The SMILES string of the molecule is Cc1cc(=O)n(CC(=O)NC(C)C)c(C)c1C(=O)NCC(=O)O. The highest BCUT2D eigenvalue weighted by Crippen LogP contribution is 2.11. The van der Waals surface area contributed by atoms with Gasteiger partial charge >= 0.3 is 5.97 Å². The maximum absolute atomic E-state index is 12.1. The van der Waals surface area contributed by atoms with E-state index in [0.29, 0.717) is 11.3 Å². The summed E-state index contributed by atoms with van der Waals surface area (Å²) in [5.41, 5.74) is 0.546. The van der Waals surface area contributed by atoms with Crippen LogP contribution >= 0.6 is 0 Å². The third kappa shape index (κ3) is 4.94. The summed E-state index contributed by atoms with van der Waals surface area (Å²) < 4.78 is 1.19. The standard InChI is InChI=1S/C15H21N3O5/c1-8(2)17-11(19)7-18-10(4)14(9(3)5-12(18)20)15(23)16-6-13(21)22/h5,8H,6-7H2,1-4H3,(H,16,23)(H,17,19)(H,21,22). The first kappa shape index (κ1) is 18.4. The van der Waals surface area contributed by atoms with E-state index in [0.717, 1.165) is 0 Å². The molecule has 126 valence electrons. The van der Waals surface area contributed by atoms with Gasteiger partial charge < -0.3 is 20.3 Å². The summed E-state index contributed by atoms with van der Waals surface area (Å²) in [6, 6.07) is 1.19. The summed E-state index contributed by atoms with van der Waals surface area (Å²) in [6.45, 7) is 6.00. The Morgan fingerprint density at radius 2 is 1.87 bits per heavy atom. The minimum Gasteiger partial charge on any atom is -0.480 e. The van der Waals surface area contributed by atoms with Gasteiger partial charge in [0.15, 0.2) is 0 Å². The predicted octanol–water partition coefficient (Wildman–Crippen LogP) is -0.196. The maximum Gasteiger partial charge on any atom is 0.322 e. The predicted molar refractivity (Wildman–Crippen MR) is 83.4 cm³/mol. The van der Waals surface area contributed by atoms with Crippen LogP contribution in [0.2, 0.25) is 0 Å². The molecule has 0 spiro atoms. The molecular formula is C15H21N3O5. The Kier molecular flexibility index (Phi) is 6.06. The van der Waals surface area contributed by atoms with Gasteiger partial charge in [-0.1, -0.05) is 0 Å². The smallest absolute Gasteiger partial charge is 0.322 e. The van der Waals surface area contributed by atoms with Crippen LogP contribution in [0.5, 0.6) is 0 Å². The Morgan fingerprint density at radius 1 is 1.26 bits per heavy atom. The summed E-state index contributed by atoms with van der Waals surface area (Å²) in [7, 11) is 0. The van der Waals surface area contributed by atoms with Crippen molar-refractivity contribution in [3.05, 3.63) is 33.2 Å². The van der Waals surface area contributed by atoms with E-state index in [2.05, 4.69) is 10.6 Å². The number of rotatable bonds is 6. The Balaban J connectivity index is 3.16. The van der Waals surface area contributed by atoms with Crippen LogP contribution in [0.1, 0.15) is 35.5 Å². The van der Waals surface area contributed by atoms with Crippen LogP contribution in [0, 0.1) is 13.8 Å². The molecule has 0 aliphatic rings. The van der Waals surface area contributed by atoms with E-state index in [1.807, 2.05) is 0 Å². The van der Waals surface area contributed by atoms with E-state index in [4.69, 9.17) is 5.11 Å². The summed E-state index contributed by atoms with van der Waals surface area (Å²) in [4.78, 5) is 46.6. The molecule has 0 bridgehead atoms. The maximum atomic E-state index is 12.1. The highest BCUT2D eigenvalue weighted by Gasteiger charge is 2.18. The van der Waals surface area contributed by atoms with E-state index < -0.39 is 24.0 Å². The van der Waals surface area contributed by atoms with Crippen molar-refractivity contribution >= 4 is 17.8 Å². The highest BCUT2D eigenvalue weighted by molar-refractivity contribution is 5.98. The number of carbonyl (C=O) groups is 3. The van der Waals surface area contributed by atoms with E-state index in [1.54, 1.807) is 27.7 Å². The third-order valence-electron chi connectivity index (χ3n) is 3.15. The number of aryl methyl sites for hydroxylation is 1. The van der Waals surface area contributed by atoms with E-state index in [1.165, 1.54) is 10.6 Å². The second-order valence-corrected chi connectivity index (χ2v) is 5.51. The lowest BCUT2D eigenvalue weighted by Gasteiger charge is -2.16. The second-order valence-electron chi connectivity index (χ2n) is 5.51. The number of carboxylic acids is 1. The number of nitrogens with one attached hydrogen (secondary N) is 2. The Hall–Kier alpha value is -2.64. The molecule has 8 nitrogen and oxygen atoms in total. The molecule has 0 aliphatic carbocycles. The number of aliphatic carboxylic acids is 1. The molecule has 23 heavy (non-hydrogen) atoms. The average molecular weight is 323 g/mol. The number of pyridine rings is 1. The fraction of sp³-hybridized carbons (Fsp3) is 0.467. The fourth-order valence-corrected chi connectivity index (χ4v) is 2.22. The van der Waals surface area contributed by atoms with Crippen molar-refractivity contribution in [1.82, 2.24) is 15.2 Å². The molecule has 1 rings (SSSR count). The van der Waals surface area contributed by atoms with Gasteiger partial charge in [-0.25, -0.2) is 0 Å². The molecule has 3 N–H and O–H groups in total. The molecule has 8 heteroatoms. The van der Waals surface area contributed by atoms with Gasteiger partial charge in [0.05, 0.1) is 5.56 Å². The summed E-state index contributed by atoms with van der Waals surface area (Å²) in [5, 5.41) is 13.6. The van der Waals surface area contributed by atoms with Gasteiger partial charge in [0, 0.05) is 17.8 Å². The van der Waals surface area contributed by atoms with Crippen LogP contribution < -0.4 is 16.2 Å². The first-order valence-corrected chi connectivity index (χ1v) is 7.13. The van der Waals surface area contributed by atoms with Gasteiger partial charge in [-0.15, -0.1) is 0 Å². The molecule has 1 heterocycles. The lowest BCUT2D eigenvalue weighted by molar-refractivity contribution is -0.135. The molecule has 0 atom stereocenters. The normalized spacial score (nSPS) is 10.5. The quantitative estimate of drug-likeness (QED) is 0.670. The lowest BCUT2D eigenvalue weighted by atomic mass is 10.1. The number of amides is 2. The van der Waals surface area contributed by atoms with Crippen LogP contribution in [-0.4, -0.2) is 40.0 Å². The topological polar surface area (TPSA) is 118 Å². The number of hydrogen-bond donors (Lipinski definition) is 3. The van der Waals surface area contributed by atoms with Crippen molar-refractivity contribution in [2.24, 2.45) is 0 Å². The first-order chi connectivity index (χ1) is 10.6. The van der Waals surface area contributed by atoms with Crippen molar-refractivity contribution < 1.29 is 19.5 Å². The molecule has 2 amide bonds. The molecule has 0 radical (unpaired) electrons. The van der Waals surface area contributed by atoms with Crippen LogP contribution in [-0.2, 0) is 16.1 Å². The molecule has 1 aromatic rings. The van der Waals surface area contributed by atoms with E-state index in [9.17, 15) is 19.2 Å². The minimum absolute atomic E-state index is 0.0673. The number of carboxylic acid groups (broad SMARTS) is 1. The fourth-order valence-electron chi connectivity index (χ4n) is 2.22. The first-order valence-electron chi connectivity index (χ1n) is 7.13.